The van der Waals surface area contributed by atoms with E-state index in [0.717, 1.165) is 30.3 Å². The summed E-state index contributed by atoms with van der Waals surface area (Å²) in [4.78, 5) is 12.5. The minimum atomic E-state index is -0.375. The van der Waals surface area contributed by atoms with Crippen LogP contribution in [0.3, 0.4) is 0 Å². The standard InChI is InChI=1S/C10H11BrN2O2S/c11-9-7-8(1-2-10(9)13(14)15)12-3-5-16-6-4-12/h1-2,7H,3-6H2. The number of benzene rings is 1. The van der Waals surface area contributed by atoms with Crippen molar-refractivity contribution in [1.29, 1.82) is 0 Å². The van der Waals surface area contributed by atoms with Crippen LogP contribution < -0.4 is 4.90 Å². The Morgan fingerprint density at radius 1 is 1.38 bits per heavy atom. The van der Waals surface area contributed by atoms with Gasteiger partial charge in [-0.3, -0.25) is 10.1 Å². The molecule has 86 valence electrons. The molecule has 1 aromatic carbocycles. The highest BCUT2D eigenvalue weighted by atomic mass is 79.9. The zero-order valence-corrected chi connectivity index (χ0v) is 11.0. The Labute approximate surface area is 106 Å². The van der Waals surface area contributed by atoms with Gasteiger partial charge in [-0.05, 0) is 28.1 Å². The van der Waals surface area contributed by atoms with Crippen LogP contribution in [0.5, 0.6) is 0 Å². The third kappa shape index (κ3) is 2.49. The van der Waals surface area contributed by atoms with Gasteiger partial charge in [-0.1, -0.05) is 0 Å². The zero-order valence-electron chi connectivity index (χ0n) is 8.56. The molecule has 0 saturated carbocycles. The van der Waals surface area contributed by atoms with Crippen LogP contribution in [-0.2, 0) is 0 Å². The second kappa shape index (κ2) is 5.05. The van der Waals surface area contributed by atoms with E-state index >= 15 is 0 Å². The van der Waals surface area contributed by atoms with Crippen LogP contribution in [0.4, 0.5) is 11.4 Å². The molecule has 6 heteroatoms. The van der Waals surface area contributed by atoms with Gasteiger partial charge in [0, 0.05) is 36.3 Å². The molecule has 1 aromatic rings. The van der Waals surface area contributed by atoms with Crippen molar-refractivity contribution in [3.63, 3.8) is 0 Å². The Bertz CT molecular complexity index is 408. The van der Waals surface area contributed by atoms with Crippen molar-refractivity contribution in [3.8, 4) is 0 Å². The summed E-state index contributed by atoms with van der Waals surface area (Å²) in [5.41, 5.74) is 1.17. The van der Waals surface area contributed by atoms with Gasteiger partial charge in [0.25, 0.3) is 5.69 Å². The van der Waals surface area contributed by atoms with Crippen molar-refractivity contribution in [2.24, 2.45) is 0 Å². The lowest BCUT2D eigenvalue weighted by Gasteiger charge is -2.28. The first-order valence-corrected chi connectivity index (χ1v) is 6.90. The maximum Gasteiger partial charge on any atom is 0.283 e. The lowest BCUT2D eigenvalue weighted by atomic mass is 10.2. The summed E-state index contributed by atoms with van der Waals surface area (Å²) >= 11 is 5.18. The van der Waals surface area contributed by atoms with E-state index in [9.17, 15) is 10.1 Å². The molecule has 0 aliphatic carbocycles. The molecule has 2 rings (SSSR count). The van der Waals surface area contributed by atoms with Gasteiger partial charge in [0.1, 0.15) is 0 Å². The van der Waals surface area contributed by atoms with E-state index in [0.29, 0.717) is 4.47 Å². The molecule has 0 atom stereocenters. The number of thioether (sulfide) groups is 1. The number of anilines is 1. The predicted molar refractivity (Wildman–Crippen MR) is 70.3 cm³/mol. The summed E-state index contributed by atoms with van der Waals surface area (Å²) in [6.45, 7) is 2.02. The SMILES string of the molecule is O=[N+]([O-])c1ccc(N2CCSCC2)cc1Br. The number of nitro benzene ring substituents is 1. The summed E-state index contributed by atoms with van der Waals surface area (Å²) < 4.78 is 0.549. The molecule has 0 amide bonds. The first-order chi connectivity index (χ1) is 7.68. The Kier molecular flexibility index (Phi) is 3.70. The second-order valence-corrected chi connectivity index (χ2v) is 5.57. The largest absolute Gasteiger partial charge is 0.370 e. The Hall–Kier alpha value is -0.750. The molecule has 1 aliphatic rings. The van der Waals surface area contributed by atoms with Gasteiger partial charge in [0.2, 0.25) is 0 Å². The van der Waals surface area contributed by atoms with Crippen LogP contribution in [0.1, 0.15) is 0 Å². The van der Waals surface area contributed by atoms with Crippen LogP contribution in [0.2, 0.25) is 0 Å². The van der Waals surface area contributed by atoms with Gasteiger partial charge >= 0.3 is 0 Å². The average molecular weight is 303 g/mol. The molecule has 1 aliphatic heterocycles. The fraction of sp³-hybridized carbons (Fsp3) is 0.400. The number of rotatable bonds is 2. The number of nitro groups is 1. The zero-order chi connectivity index (χ0) is 11.5. The van der Waals surface area contributed by atoms with Gasteiger partial charge in [0.05, 0.1) is 9.40 Å². The number of hydrogen-bond donors (Lipinski definition) is 0. The third-order valence-electron chi connectivity index (χ3n) is 2.50. The van der Waals surface area contributed by atoms with E-state index in [1.165, 1.54) is 0 Å². The second-order valence-electron chi connectivity index (χ2n) is 3.49. The predicted octanol–water partition coefficient (Wildman–Crippen LogP) is 2.91. The van der Waals surface area contributed by atoms with E-state index in [-0.39, 0.29) is 10.6 Å². The molecule has 0 N–H and O–H groups in total. The molecular formula is C10H11BrN2O2S. The van der Waals surface area contributed by atoms with E-state index in [4.69, 9.17) is 0 Å². The summed E-state index contributed by atoms with van der Waals surface area (Å²) in [5.74, 6) is 2.24. The van der Waals surface area contributed by atoms with Crippen LogP contribution >= 0.6 is 27.7 Å². The smallest absolute Gasteiger partial charge is 0.283 e. The molecule has 0 aromatic heterocycles. The van der Waals surface area contributed by atoms with E-state index in [1.807, 2.05) is 23.9 Å². The molecule has 4 nitrogen and oxygen atoms in total. The van der Waals surface area contributed by atoms with E-state index in [2.05, 4.69) is 20.8 Å². The van der Waals surface area contributed by atoms with Crippen molar-refractivity contribution in [2.75, 3.05) is 29.5 Å². The summed E-state index contributed by atoms with van der Waals surface area (Å²) in [5, 5.41) is 10.7. The van der Waals surface area contributed by atoms with Crippen molar-refractivity contribution < 1.29 is 4.92 Å². The van der Waals surface area contributed by atoms with E-state index < -0.39 is 0 Å². The van der Waals surface area contributed by atoms with Crippen LogP contribution in [0, 0.1) is 10.1 Å². The molecule has 0 radical (unpaired) electrons. The van der Waals surface area contributed by atoms with Crippen molar-refractivity contribution in [1.82, 2.24) is 0 Å². The highest BCUT2D eigenvalue weighted by molar-refractivity contribution is 9.10. The third-order valence-corrected chi connectivity index (χ3v) is 4.08. The number of nitrogens with zero attached hydrogens (tertiary/aromatic N) is 2. The highest BCUT2D eigenvalue weighted by Gasteiger charge is 2.16. The van der Waals surface area contributed by atoms with Gasteiger partial charge in [0.15, 0.2) is 0 Å². The Balaban J connectivity index is 2.23. The first-order valence-electron chi connectivity index (χ1n) is 4.95. The molecule has 1 fully saturated rings. The maximum absolute atomic E-state index is 10.7. The van der Waals surface area contributed by atoms with E-state index in [1.54, 1.807) is 6.07 Å². The minimum absolute atomic E-state index is 0.120. The summed E-state index contributed by atoms with van der Waals surface area (Å²) in [7, 11) is 0. The Morgan fingerprint density at radius 2 is 2.06 bits per heavy atom. The van der Waals surface area contributed by atoms with Crippen molar-refractivity contribution in [3.05, 3.63) is 32.8 Å². The quantitative estimate of drug-likeness (QED) is 0.622. The van der Waals surface area contributed by atoms with Crippen LogP contribution in [-0.4, -0.2) is 29.5 Å². The topological polar surface area (TPSA) is 46.4 Å². The van der Waals surface area contributed by atoms with Crippen LogP contribution in [0.25, 0.3) is 0 Å². The van der Waals surface area contributed by atoms with Gasteiger partial charge in [-0.2, -0.15) is 11.8 Å². The minimum Gasteiger partial charge on any atom is -0.370 e. The lowest BCUT2D eigenvalue weighted by Crippen LogP contribution is -2.32. The van der Waals surface area contributed by atoms with Gasteiger partial charge < -0.3 is 4.90 Å². The first kappa shape index (κ1) is 11.7. The van der Waals surface area contributed by atoms with Crippen LogP contribution in [0.15, 0.2) is 22.7 Å². The molecule has 1 saturated heterocycles. The average Bonchev–Trinajstić information content (AvgIpc) is 2.29. The number of halogens is 1. The van der Waals surface area contributed by atoms with Gasteiger partial charge in [-0.15, -0.1) is 0 Å². The molecule has 0 unspecified atom stereocenters. The van der Waals surface area contributed by atoms with Crippen molar-refractivity contribution >= 4 is 39.1 Å². The van der Waals surface area contributed by atoms with Gasteiger partial charge in [-0.25, -0.2) is 0 Å². The molecule has 0 spiro atoms. The number of hydrogen-bond acceptors (Lipinski definition) is 4. The fourth-order valence-corrected chi connectivity index (χ4v) is 3.08. The van der Waals surface area contributed by atoms with Crippen molar-refractivity contribution in [2.45, 2.75) is 0 Å². The molecular weight excluding hydrogens is 292 g/mol. The monoisotopic (exact) mass is 302 g/mol. The Morgan fingerprint density at radius 3 is 2.62 bits per heavy atom. The molecule has 16 heavy (non-hydrogen) atoms. The lowest BCUT2D eigenvalue weighted by molar-refractivity contribution is -0.385. The summed E-state index contributed by atoms with van der Waals surface area (Å²) in [6, 6.07) is 5.20. The fourth-order valence-electron chi connectivity index (χ4n) is 1.66. The molecule has 0 bridgehead atoms. The normalized spacial score (nSPS) is 16.2. The highest BCUT2D eigenvalue weighted by Crippen LogP contribution is 2.30. The maximum atomic E-state index is 10.7. The summed E-state index contributed by atoms with van der Waals surface area (Å²) in [6.07, 6.45) is 0. The molecule has 1 heterocycles.